The van der Waals surface area contributed by atoms with Gasteiger partial charge in [-0.25, -0.2) is 9.18 Å². The van der Waals surface area contributed by atoms with Gasteiger partial charge in [0.15, 0.2) is 0 Å². The highest BCUT2D eigenvalue weighted by atomic mass is 35.5. The van der Waals surface area contributed by atoms with Crippen LogP contribution in [0.5, 0.6) is 0 Å². The number of carbonyl (C=O) groups is 1. The topological polar surface area (TPSA) is 59.6 Å². The van der Waals surface area contributed by atoms with E-state index in [0.29, 0.717) is 32.7 Å². The minimum atomic E-state index is -0.491. The van der Waals surface area contributed by atoms with E-state index in [1.54, 1.807) is 6.07 Å². The lowest BCUT2D eigenvalue weighted by Gasteiger charge is -2.19. The number of anilines is 1. The lowest BCUT2D eigenvalue weighted by atomic mass is 10.2. The molecule has 5 nitrogen and oxygen atoms in total. The zero-order chi connectivity index (χ0) is 17.3. The Kier molecular flexibility index (Phi) is 8.12. The molecular weight excluding hydrogens is 323 g/mol. The molecule has 0 aromatic heterocycles. The Balaban J connectivity index is 2.01. The highest BCUT2D eigenvalue weighted by molar-refractivity contribution is 6.31. The molecule has 23 heavy (non-hydrogen) atoms. The minimum absolute atomic E-state index is 0.0872. The van der Waals surface area contributed by atoms with Gasteiger partial charge in [0.05, 0.1) is 11.6 Å². The zero-order valence-corrected chi connectivity index (χ0v) is 14.5. The lowest BCUT2D eigenvalue weighted by molar-refractivity contribution is 0.0520. The summed E-state index contributed by atoms with van der Waals surface area (Å²) in [5.74, 6) is -0.439. The van der Waals surface area contributed by atoms with Gasteiger partial charge in [0.1, 0.15) is 11.4 Å². The first kappa shape index (κ1) is 19.5. The molecule has 0 heterocycles. The molecule has 0 aliphatic carbocycles. The summed E-state index contributed by atoms with van der Waals surface area (Å²) in [4.78, 5) is 11.4. The van der Waals surface area contributed by atoms with Gasteiger partial charge in [-0.2, -0.15) is 0 Å². The van der Waals surface area contributed by atoms with Gasteiger partial charge in [-0.15, -0.1) is 0 Å². The number of benzene rings is 1. The van der Waals surface area contributed by atoms with E-state index in [-0.39, 0.29) is 5.02 Å². The number of ether oxygens (including phenoxy) is 2. The maximum absolute atomic E-state index is 13.0. The molecule has 0 aliphatic heterocycles. The zero-order valence-electron chi connectivity index (χ0n) is 13.7. The molecule has 0 saturated carbocycles. The van der Waals surface area contributed by atoms with Crippen molar-refractivity contribution in [2.75, 3.05) is 31.6 Å². The molecular formula is C16H24ClFN2O3. The fourth-order valence-corrected chi connectivity index (χ4v) is 1.84. The van der Waals surface area contributed by atoms with Crippen LogP contribution in [0, 0.1) is 5.82 Å². The molecule has 1 amide bonds. The number of carbonyl (C=O) groups excluding carboxylic acids is 1. The maximum Gasteiger partial charge on any atom is 0.407 e. The standard InChI is InChI=1S/C16H24ClFN2O3/c1-16(2,3)23-15(21)20-7-4-9-22-10-8-19-12-5-6-14(18)13(17)11-12/h5-6,11,19H,4,7-10H2,1-3H3,(H,20,21). The number of nitrogens with one attached hydrogen (secondary N) is 2. The number of hydrogen-bond acceptors (Lipinski definition) is 4. The van der Waals surface area contributed by atoms with Gasteiger partial charge in [-0.1, -0.05) is 11.6 Å². The van der Waals surface area contributed by atoms with Crippen molar-refractivity contribution in [1.29, 1.82) is 0 Å². The van der Waals surface area contributed by atoms with Gasteiger partial charge >= 0.3 is 6.09 Å². The van der Waals surface area contributed by atoms with Crippen LogP contribution >= 0.6 is 11.6 Å². The molecule has 130 valence electrons. The molecule has 1 rings (SSSR count). The Morgan fingerprint density at radius 2 is 2.00 bits per heavy atom. The van der Waals surface area contributed by atoms with E-state index in [1.165, 1.54) is 12.1 Å². The molecule has 0 unspecified atom stereocenters. The second kappa shape index (κ2) is 9.57. The number of rotatable bonds is 8. The summed E-state index contributed by atoms with van der Waals surface area (Å²) in [6.07, 6.45) is 0.272. The van der Waals surface area contributed by atoms with Crippen molar-refractivity contribution in [3.05, 3.63) is 29.0 Å². The fraction of sp³-hybridized carbons (Fsp3) is 0.562. The molecule has 1 aromatic carbocycles. The molecule has 0 saturated heterocycles. The van der Waals surface area contributed by atoms with Gasteiger partial charge in [-0.3, -0.25) is 0 Å². The van der Waals surface area contributed by atoms with E-state index in [4.69, 9.17) is 21.1 Å². The summed E-state index contributed by atoms with van der Waals surface area (Å²) in [5, 5.41) is 5.83. The molecule has 7 heteroatoms. The Morgan fingerprint density at radius 3 is 2.65 bits per heavy atom. The largest absolute Gasteiger partial charge is 0.444 e. The highest BCUT2D eigenvalue weighted by Crippen LogP contribution is 2.18. The van der Waals surface area contributed by atoms with E-state index in [2.05, 4.69) is 10.6 Å². The van der Waals surface area contributed by atoms with Crippen LogP contribution in [0.15, 0.2) is 18.2 Å². The summed E-state index contributed by atoms with van der Waals surface area (Å²) in [5.41, 5.74) is 0.252. The van der Waals surface area contributed by atoms with Gasteiger partial charge in [0.2, 0.25) is 0 Å². The molecule has 0 atom stereocenters. The predicted octanol–water partition coefficient (Wildman–Crippen LogP) is 3.82. The third-order valence-corrected chi connectivity index (χ3v) is 2.92. The number of halogens is 2. The smallest absolute Gasteiger partial charge is 0.407 e. The normalized spacial score (nSPS) is 11.2. The molecule has 0 aliphatic rings. The number of alkyl carbamates (subject to hydrolysis) is 1. The molecule has 1 aromatic rings. The average molecular weight is 347 g/mol. The van der Waals surface area contributed by atoms with Crippen LogP contribution in [-0.4, -0.2) is 38.0 Å². The predicted molar refractivity (Wildman–Crippen MR) is 89.6 cm³/mol. The van der Waals surface area contributed by atoms with Crippen LogP contribution in [0.3, 0.4) is 0 Å². The number of amides is 1. The van der Waals surface area contributed by atoms with Crippen molar-refractivity contribution < 1.29 is 18.7 Å². The van der Waals surface area contributed by atoms with Crippen molar-refractivity contribution in [1.82, 2.24) is 5.32 Å². The minimum Gasteiger partial charge on any atom is -0.444 e. The van der Waals surface area contributed by atoms with Gasteiger partial charge in [-0.05, 0) is 45.4 Å². The van der Waals surface area contributed by atoms with Crippen LogP contribution < -0.4 is 10.6 Å². The summed E-state index contributed by atoms with van der Waals surface area (Å²) in [6, 6.07) is 4.46. The first-order valence-corrected chi connectivity index (χ1v) is 7.89. The van der Waals surface area contributed by atoms with Crippen LogP contribution in [0.1, 0.15) is 27.2 Å². The van der Waals surface area contributed by atoms with Crippen LogP contribution in [-0.2, 0) is 9.47 Å². The van der Waals surface area contributed by atoms with Gasteiger partial charge in [0.25, 0.3) is 0 Å². The highest BCUT2D eigenvalue weighted by Gasteiger charge is 2.15. The van der Waals surface area contributed by atoms with Crippen LogP contribution in [0.25, 0.3) is 0 Å². The summed E-state index contributed by atoms with van der Waals surface area (Å²) < 4.78 is 23.5. The van der Waals surface area contributed by atoms with Crippen LogP contribution in [0.2, 0.25) is 5.02 Å². The third kappa shape index (κ3) is 9.25. The maximum atomic E-state index is 13.0. The fourth-order valence-electron chi connectivity index (χ4n) is 1.65. The van der Waals surface area contributed by atoms with Crippen molar-refractivity contribution in [3.63, 3.8) is 0 Å². The Labute approximate surface area is 141 Å². The first-order valence-electron chi connectivity index (χ1n) is 7.51. The van der Waals surface area contributed by atoms with Crippen LogP contribution in [0.4, 0.5) is 14.9 Å². The Morgan fingerprint density at radius 1 is 1.26 bits per heavy atom. The van der Waals surface area contributed by atoms with E-state index < -0.39 is 17.5 Å². The SMILES string of the molecule is CC(C)(C)OC(=O)NCCCOCCNc1ccc(F)c(Cl)c1. The molecule has 0 radical (unpaired) electrons. The van der Waals surface area contributed by atoms with E-state index >= 15 is 0 Å². The molecule has 0 fully saturated rings. The molecule has 2 N–H and O–H groups in total. The summed E-state index contributed by atoms with van der Waals surface area (Å²) >= 11 is 5.69. The monoisotopic (exact) mass is 346 g/mol. The van der Waals surface area contributed by atoms with Crippen molar-refractivity contribution >= 4 is 23.4 Å². The lowest BCUT2D eigenvalue weighted by Crippen LogP contribution is -2.33. The van der Waals surface area contributed by atoms with Gasteiger partial charge < -0.3 is 20.1 Å². The quantitative estimate of drug-likeness (QED) is 0.702. The third-order valence-electron chi connectivity index (χ3n) is 2.63. The van der Waals surface area contributed by atoms with E-state index in [1.807, 2.05) is 20.8 Å². The Bertz CT molecular complexity index is 507. The second-order valence-electron chi connectivity index (χ2n) is 5.95. The second-order valence-corrected chi connectivity index (χ2v) is 6.36. The van der Waals surface area contributed by atoms with Crippen molar-refractivity contribution in [2.45, 2.75) is 32.8 Å². The summed E-state index contributed by atoms with van der Waals surface area (Å²) in [6.45, 7) is 7.56. The van der Waals surface area contributed by atoms with Crippen molar-refractivity contribution in [2.24, 2.45) is 0 Å². The first-order chi connectivity index (χ1) is 10.8. The number of hydrogen-bond donors (Lipinski definition) is 2. The molecule has 0 bridgehead atoms. The summed E-state index contributed by atoms with van der Waals surface area (Å²) in [7, 11) is 0. The van der Waals surface area contributed by atoms with Crippen molar-refractivity contribution in [3.8, 4) is 0 Å². The van der Waals surface area contributed by atoms with E-state index in [9.17, 15) is 9.18 Å². The average Bonchev–Trinajstić information content (AvgIpc) is 2.43. The molecule has 0 spiro atoms. The Hall–Kier alpha value is -1.53. The van der Waals surface area contributed by atoms with E-state index in [0.717, 1.165) is 5.69 Å². The van der Waals surface area contributed by atoms with Gasteiger partial charge in [0, 0.05) is 25.4 Å².